The fourth-order valence-corrected chi connectivity index (χ4v) is 2.26. The molecular weight excluding hydrogens is 252 g/mol. The minimum absolute atomic E-state index is 0.159. The Hall–Kier alpha value is -2.54. The van der Waals surface area contributed by atoms with Crippen LogP contribution in [0.15, 0.2) is 40.1 Å². The molecule has 0 fully saturated rings. The normalized spacial score (nSPS) is 10.2. The molecule has 0 saturated carbocycles. The van der Waals surface area contributed by atoms with Crippen LogP contribution >= 0.6 is 0 Å². The van der Waals surface area contributed by atoms with Crippen molar-refractivity contribution < 1.29 is 0 Å². The lowest BCUT2D eigenvalue weighted by atomic mass is 10.1. The monoisotopic (exact) mass is 268 g/mol. The minimum Gasteiger partial charge on any atom is -0.289 e. The van der Waals surface area contributed by atoms with Crippen molar-refractivity contribution in [1.82, 2.24) is 9.13 Å². The molecular formula is C16H16N2O2. The Kier molecular flexibility index (Phi) is 3.90. The first kappa shape index (κ1) is 13.9. The maximum Gasteiger partial charge on any atom is 0.332 e. The summed E-state index contributed by atoms with van der Waals surface area (Å²) in [6.45, 7) is 4.39. The Balaban J connectivity index is 2.48. The fourth-order valence-electron chi connectivity index (χ4n) is 2.26. The maximum absolute atomic E-state index is 12.2. The lowest BCUT2D eigenvalue weighted by Gasteiger charge is -2.09. The van der Waals surface area contributed by atoms with Gasteiger partial charge in [0, 0.05) is 12.3 Å². The van der Waals surface area contributed by atoms with E-state index < -0.39 is 0 Å². The molecule has 0 aliphatic carbocycles. The van der Waals surface area contributed by atoms with Gasteiger partial charge in [-0.25, -0.2) is 4.79 Å². The molecule has 20 heavy (non-hydrogen) atoms. The highest BCUT2D eigenvalue weighted by Crippen LogP contribution is 2.09. The molecule has 0 atom stereocenters. The van der Waals surface area contributed by atoms with Crippen LogP contribution in [0.2, 0.25) is 0 Å². The van der Waals surface area contributed by atoms with Gasteiger partial charge in [0.1, 0.15) is 0 Å². The molecule has 0 radical (unpaired) electrons. The Bertz CT molecular complexity index is 771. The average Bonchev–Trinajstić information content (AvgIpc) is 2.37. The minimum atomic E-state index is -0.380. The van der Waals surface area contributed by atoms with Crippen molar-refractivity contribution in [3.8, 4) is 12.3 Å². The van der Waals surface area contributed by atoms with Crippen LogP contribution in [0.3, 0.4) is 0 Å². The van der Waals surface area contributed by atoms with Crippen molar-refractivity contribution in [2.75, 3.05) is 0 Å². The molecule has 4 heteroatoms. The largest absolute Gasteiger partial charge is 0.332 e. The van der Waals surface area contributed by atoms with E-state index in [1.165, 1.54) is 21.4 Å². The second-order valence-electron chi connectivity index (χ2n) is 4.85. The summed E-state index contributed by atoms with van der Waals surface area (Å²) < 4.78 is 2.55. The first-order valence-corrected chi connectivity index (χ1v) is 6.32. The van der Waals surface area contributed by atoms with Crippen molar-refractivity contribution in [1.29, 1.82) is 0 Å². The number of nitrogens with zero attached hydrogens (tertiary/aromatic N) is 2. The van der Waals surface area contributed by atoms with Gasteiger partial charge in [0.05, 0.1) is 13.1 Å². The molecule has 0 aliphatic heterocycles. The third-order valence-corrected chi connectivity index (χ3v) is 3.02. The number of hydrogen-bond acceptors (Lipinski definition) is 2. The van der Waals surface area contributed by atoms with Gasteiger partial charge in [-0.1, -0.05) is 35.2 Å². The number of terminal acetylenes is 1. The van der Waals surface area contributed by atoms with E-state index in [9.17, 15) is 9.59 Å². The topological polar surface area (TPSA) is 44.0 Å². The van der Waals surface area contributed by atoms with E-state index in [2.05, 4.69) is 5.92 Å². The molecule has 0 saturated heterocycles. The average molecular weight is 268 g/mol. The molecule has 0 spiro atoms. The van der Waals surface area contributed by atoms with E-state index >= 15 is 0 Å². The fraction of sp³-hybridized carbons (Fsp3) is 0.250. The van der Waals surface area contributed by atoms with Gasteiger partial charge in [-0.15, -0.1) is 6.42 Å². The van der Waals surface area contributed by atoms with E-state index in [1.54, 1.807) is 0 Å². The standard InChI is InChI=1S/C16H16N2O2/c1-4-6-17-7-5-15(19)18(16(17)20)11-14-9-12(2)8-13(3)10-14/h1,5,7-10H,6,11H2,2-3H3. The van der Waals surface area contributed by atoms with Gasteiger partial charge < -0.3 is 0 Å². The molecule has 1 heterocycles. The highest BCUT2D eigenvalue weighted by atomic mass is 16.2. The number of aryl methyl sites for hydroxylation is 2. The molecule has 2 rings (SSSR count). The third kappa shape index (κ3) is 2.89. The van der Waals surface area contributed by atoms with E-state index in [1.807, 2.05) is 32.0 Å². The highest BCUT2D eigenvalue weighted by molar-refractivity contribution is 5.28. The van der Waals surface area contributed by atoms with Gasteiger partial charge in [-0.3, -0.25) is 13.9 Å². The second kappa shape index (κ2) is 5.62. The number of hydrogen-bond donors (Lipinski definition) is 0. The van der Waals surface area contributed by atoms with Crippen LogP contribution in [0, 0.1) is 26.2 Å². The summed E-state index contributed by atoms with van der Waals surface area (Å²) in [5.41, 5.74) is 2.44. The molecule has 4 nitrogen and oxygen atoms in total. The van der Waals surface area contributed by atoms with Crippen molar-refractivity contribution >= 4 is 0 Å². The van der Waals surface area contributed by atoms with E-state index in [-0.39, 0.29) is 24.3 Å². The van der Waals surface area contributed by atoms with Crippen LogP contribution in [0.1, 0.15) is 16.7 Å². The Morgan fingerprint density at radius 3 is 2.40 bits per heavy atom. The SMILES string of the molecule is C#CCn1ccc(=O)n(Cc2cc(C)cc(C)c2)c1=O. The zero-order valence-corrected chi connectivity index (χ0v) is 11.6. The summed E-state index contributed by atoms with van der Waals surface area (Å²) in [6, 6.07) is 7.35. The predicted molar refractivity (Wildman–Crippen MR) is 78.8 cm³/mol. The van der Waals surface area contributed by atoms with Crippen molar-refractivity contribution in [2.45, 2.75) is 26.9 Å². The van der Waals surface area contributed by atoms with Gasteiger partial charge in [-0.2, -0.15) is 0 Å². The van der Waals surface area contributed by atoms with Gasteiger partial charge in [-0.05, 0) is 19.4 Å². The quantitative estimate of drug-likeness (QED) is 0.788. The van der Waals surface area contributed by atoms with Gasteiger partial charge in [0.25, 0.3) is 5.56 Å². The summed E-state index contributed by atoms with van der Waals surface area (Å²) in [5, 5.41) is 0. The number of benzene rings is 1. The molecule has 2 aromatic rings. The van der Waals surface area contributed by atoms with Crippen LogP contribution in [0.5, 0.6) is 0 Å². The van der Waals surface area contributed by atoms with Crippen LogP contribution in [0.25, 0.3) is 0 Å². The van der Waals surface area contributed by atoms with Crippen LogP contribution in [0.4, 0.5) is 0 Å². The lowest BCUT2D eigenvalue weighted by Crippen LogP contribution is -2.39. The number of aromatic nitrogens is 2. The van der Waals surface area contributed by atoms with Gasteiger partial charge >= 0.3 is 5.69 Å². The molecule has 0 aliphatic rings. The molecule has 1 aromatic carbocycles. The molecule has 0 bridgehead atoms. The second-order valence-corrected chi connectivity index (χ2v) is 4.85. The Morgan fingerprint density at radius 1 is 1.15 bits per heavy atom. The summed E-state index contributed by atoms with van der Waals surface area (Å²) in [7, 11) is 0. The van der Waals surface area contributed by atoms with Crippen molar-refractivity contribution in [3.63, 3.8) is 0 Å². The first-order valence-electron chi connectivity index (χ1n) is 6.32. The smallest absolute Gasteiger partial charge is 0.289 e. The predicted octanol–water partition coefficient (Wildman–Crippen LogP) is 1.31. The number of rotatable bonds is 3. The third-order valence-electron chi connectivity index (χ3n) is 3.02. The summed E-state index contributed by atoms with van der Waals surface area (Å²) in [4.78, 5) is 24.1. The zero-order chi connectivity index (χ0) is 14.7. The Labute approximate surface area is 117 Å². The molecule has 0 N–H and O–H groups in total. The molecule has 102 valence electrons. The lowest BCUT2D eigenvalue weighted by molar-refractivity contribution is 0.622. The highest BCUT2D eigenvalue weighted by Gasteiger charge is 2.06. The first-order chi connectivity index (χ1) is 9.51. The van der Waals surface area contributed by atoms with Crippen molar-refractivity contribution in [2.24, 2.45) is 0 Å². The summed E-state index contributed by atoms with van der Waals surface area (Å²) >= 11 is 0. The van der Waals surface area contributed by atoms with Crippen molar-refractivity contribution in [3.05, 3.63) is 68.0 Å². The van der Waals surface area contributed by atoms with Crippen LogP contribution < -0.4 is 11.2 Å². The van der Waals surface area contributed by atoms with Crippen LogP contribution in [-0.2, 0) is 13.1 Å². The maximum atomic E-state index is 12.2. The summed E-state index contributed by atoms with van der Waals surface area (Å²) in [5.74, 6) is 2.40. The van der Waals surface area contributed by atoms with Gasteiger partial charge in [0.2, 0.25) is 0 Å². The van der Waals surface area contributed by atoms with E-state index in [0.717, 1.165) is 16.7 Å². The molecule has 0 unspecified atom stereocenters. The van der Waals surface area contributed by atoms with Crippen LogP contribution in [-0.4, -0.2) is 9.13 Å². The Morgan fingerprint density at radius 2 is 1.80 bits per heavy atom. The van der Waals surface area contributed by atoms with E-state index in [4.69, 9.17) is 6.42 Å². The zero-order valence-electron chi connectivity index (χ0n) is 11.6. The molecule has 1 aromatic heterocycles. The van der Waals surface area contributed by atoms with E-state index in [0.29, 0.717) is 0 Å². The molecule has 0 amide bonds. The van der Waals surface area contributed by atoms with Gasteiger partial charge in [0.15, 0.2) is 0 Å². The summed E-state index contributed by atoms with van der Waals surface area (Å²) in [6.07, 6.45) is 6.65.